The lowest BCUT2D eigenvalue weighted by molar-refractivity contribution is -0.120. The van der Waals surface area contributed by atoms with E-state index in [1.54, 1.807) is 36.0 Å². The van der Waals surface area contributed by atoms with Gasteiger partial charge in [0.1, 0.15) is 6.04 Å². The van der Waals surface area contributed by atoms with Crippen LogP contribution in [-0.4, -0.2) is 40.7 Å². The largest absolute Gasteiger partial charge is 0.324 e. The maximum absolute atomic E-state index is 13.0. The topological polar surface area (TPSA) is 66.5 Å². The third-order valence-electron chi connectivity index (χ3n) is 5.08. The Kier molecular flexibility index (Phi) is 7.09. The fraction of sp³-hybridized carbons (Fsp3) is 0.348. The fourth-order valence-electron chi connectivity index (χ4n) is 3.46. The number of thioether (sulfide) groups is 1. The molecule has 0 aliphatic carbocycles. The number of hydrogen-bond acceptors (Lipinski definition) is 4. The van der Waals surface area contributed by atoms with Crippen LogP contribution < -0.4 is 5.32 Å². The van der Waals surface area contributed by atoms with Crippen molar-refractivity contribution >= 4 is 35.2 Å². The van der Waals surface area contributed by atoms with Gasteiger partial charge in [-0.15, -0.1) is 0 Å². The molecule has 0 fully saturated rings. The Balaban J connectivity index is 1.77. The molecule has 152 valence electrons. The highest BCUT2D eigenvalue weighted by molar-refractivity contribution is 7.98. The molecular weight excluding hydrogens is 384 g/mol. The Bertz CT molecular complexity index is 860. The summed E-state index contributed by atoms with van der Waals surface area (Å²) in [7, 11) is 0. The first-order chi connectivity index (χ1) is 14.1. The minimum atomic E-state index is -0.838. The Morgan fingerprint density at radius 3 is 2.21 bits per heavy atom. The Labute approximate surface area is 175 Å². The van der Waals surface area contributed by atoms with Crippen LogP contribution >= 0.6 is 11.8 Å². The first-order valence-corrected chi connectivity index (χ1v) is 11.3. The van der Waals surface area contributed by atoms with Crippen molar-refractivity contribution in [2.45, 2.75) is 38.6 Å². The lowest BCUT2D eigenvalue weighted by Gasteiger charge is -2.25. The number of hydrogen-bond donors (Lipinski definition) is 1. The number of benzene rings is 2. The molecule has 1 aliphatic heterocycles. The van der Waals surface area contributed by atoms with E-state index in [9.17, 15) is 14.4 Å². The molecule has 29 heavy (non-hydrogen) atoms. The molecule has 0 saturated carbocycles. The predicted molar refractivity (Wildman–Crippen MR) is 117 cm³/mol. The predicted octanol–water partition coefficient (Wildman–Crippen LogP) is 4.39. The molecule has 2 aromatic rings. The standard InChI is InChI=1S/C23H26N2O3S/c1-3-4-7-16-10-12-17(13-11-16)24-21(26)20(14-15-29-2)25-22(27)18-8-5-6-9-19(18)23(25)28/h5-6,8-13,20H,3-4,7,14-15H2,1-2H3,(H,24,26)/t20-/m0/s1. The smallest absolute Gasteiger partial charge is 0.262 e. The highest BCUT2D eigenvalue weighted by Crippen LogP contribution is 2.27. The van der Waals surface area contributed by atoms with Crippen molar-refractivity contribution in [2.75, 3.05) is 17.3 Å². The van der Waals surface area contributed by atoms with E-state index in [1.807, 2.05) is 30.5 Å². The van der Waals surface area contributed by atoms with Gasteiger partial charge < -0.3 is 5.32 Å². The number of unbranched alkanes of at least 4 members (excludes halogenated alkanes) is 1. The molecule has 3 rings (SSSR count). The van der Waals surface area contributed by atoms with Crippen molar-refractivity contribution in [3.05, 3.63) is 65.2 Å². The summed E-state index contributed by atoms with van der Waals surface area (Å²) in [5, 5.41) is 2.88. The average molecular weight is 411 g/mol. The Hall–Kier alpha value is -2.60. The molecule has 1 heterocycles. The molecule has 0 aromatic heterocycles. The summed E-state index contributed by atoms with van der Waals surface area (Å²) in [6.45, 7) is 2.16. The van der Waals surface area contributed by atoms with Crippen LogP contribution in [0.25, 0.3) is 0 Å². The molecule has 1 N–H and O–H groups in total. The average Bonchev–Trinajstić information content (AvgIpc) is 2.99. The normalized spacial score (nSPS) is 14.1. The first-order valence-electron chi connectivity index (χ1n) is 9.92. The summed E-state index contributed by atoms with van der Waals surface area (Å²) in [5.74, 6) is -0.472. The van der Waals surface area contributed by atoms with Crippen molar-refractivity contribution in [3.63, 3.8) is 0 Å². The van der Waals surface area contributed by atoms with Crippen molar-refractivity contribution in [1.29, 1.82) is 0 Å². The third-order valence-corrected chi connectivity index (χ3v) is 5.72. The molecule has 0 spiro atoms. The molecule has 1 aliphatic rings. The van der Waals surface area contributed by atoms with Gasteiger partial charge in [-0.05, 0) is 61.1 Å². The van der Waals surface area contributed by atoms with Gasteiger partial charge in [-0.3, -0.25) is 19.3 Å². The van der Waals surface area contributed by atoms with E-state index in [-0.39, 0.29) is 5.91 Å². The van der Waals surface area contributed by atoms with Gasteiger partial charge in [0.15, 0.2) is 0 Å². The summed E-state index contributed by atoms with van der Waals surface area (Å²) in [4.78, 5) is 39.8. The zero-order chi connectivity index (χ0) is 20.8. The number of aryl methyl sites for hydroxylation is 1. The van der Waals surface area contributed by atoms with E-state index in [4.69, 9.17) is 0 Å². The lowest BCUT2D eigenvalue weighted by Crippen LogP contribution is -2.47. The molecule has 3 amide bonds. The fourth-order valence-corrected chi connectivity index (χ4v) is 3.92. The van der Waals surface area contributed by atoms with Crippen LogP contribution in [0.1, 0.15) is 52.5 Å². The molecule has 0 bridgehead atoms. The maximum atomic E-state index is 13.0. The van der Waals surface area contributed by atoms with E-state index in [1.165, 1.54) is 5.56 Å². The second-order valence-electron chi connectivity index (χ2n) is 7.11. The van der Waals surface area contributed by atoms with Crippen molar-refractivity contribution in [2.24, 2.45) is 0 Å². The molecule has 0 unspecified atom stereocenters. The van der Waals surface area contributed by atoms with Crippen molar-refractivity contribution in [1.82, 2.24) is 4.90 Å². The number of nitrogens with one attached hydrogen (secondary N) is 1. The van der Waals surface area contributed by atoms with Gasteiger partial charge in [0.05, 0.1) is 11.1 Å². The van der Waals surface area contributed by atoms with Crippen LogP contribution in [0.15, 0.2) is 48.5 Å². The second-order valence-corrected chi connectivity index (χ2v) is 8.10. The van der Waals surface area contributed by atoms with E-state index >= 15 is 0 Å². The van der Waals surface area contributed by atoms with E-state index in [0.717, 1.165) is 24.2 Å². The van der Waals surface area contributed by atoms with Crippen LogP contribution in [0.4, 0.5) is 5.69 Å². The second kappa shape index (κ2) is 9.74. The third kappa shape index (κ3) is 4.70. The van der Waals surface area contributed by atoms with Crippen LogP contribution in [0, 0.1) is 0 Å². The Morgan fingerprint density at radius 2 is 1.66 bits per heavy atom. The Morgan fingerprint density at radius 1 is 1.03 bits per heavy atom. The summed E-state index contributed by atoms with van der Waals surface area (Å²) in [5.41, 5.74) is 2.62. The number of amides is 3. The van der Waals surface area contributed by atoms with Gasteiger partial charge in [0.2, 0.25) is 5.91 Å². The van der Waals surface area contributed by atoms with Crippen molar-refractivity contribution < 1.29 is 14.4 Å². The zero-order valence-electron chi connectivity index (χ0n) is 16.8. The number of carbonyl (C=O) groups excluding carboxylic acids is 3. The molecule has 0 radical (unpaired) electrons. The number of nitrogens with zero attached hydrogens (tertiary/aromatic N) is 1. The quantitative estimate of drug-likeness (QED) is 0.623. The minimum Gasteiger partial charge on any atom is -0.324 e. The highest BCUT2D eigenvalue weighted by atomic mass is 32.2. The number of fused-ring (bicyclic) bond motifs is 1. The maximum Gasteiger partial charge on any atom is 0.262 e. The molecular formula is C23H26N2O3S. The van der Waals surface area contributed by atoms with Gasteiger partial charge in [-0.2, -0.15) is 11.8 Å². The number of carbonyl (C=O) groups is 3. The minimum absolute atomic E-state index is 0.338. The summed E-state index contributed by atoms with van der Waals surface area (Å²) in [6, 6.07) is 13.6. The molecule has 1 atom stereocenters. The number of imide groups is 1. The number of anilines is 1. The van der Waals surface area contributed by atoms with E-state index in [0.29, 0.717) is 29.0 Å². The summed E-state index contributed by atoms with van der Waals surface area (Å²) < 4.78 is 0. The van der Waals surface area contributed by atoms with E-state index < -0.39 is 17.9 Å². The zero-order valence-corrected chi connectivity index (χ0v) is 17.6. The molecule has 0 saturated heterocycles. The SMILES string of the molecule is CCCCc1ccc(NC(=O)[C@H](CCSC)N2C(=O)c3ccccc3C2=O)cc1. The van der Waals surface area contributed by atoms with Gasteiger partial charge in [0, 0.05) is 5.69 Å². The summed E-state index contributed by atoms with van der Waals surface area (Å²) >= 11 is 1.58. The van der Waals surface area contributed by atoms with Crippen LogP contribution in [0.3, 0.4) is 0 Å². The highest BCUT2D eigenvalue weighted by Gasteiger charge is 2.42. The lowest BCUT2D eigenvalue weighted by atomic mass is 10.1. The monoisotopic (exact) mass is 410 g/mol. The van der Waals surface area contributed by atoms with E-state index in [2.05, 4.69) is 12.2 Å². The van der Waals surface area contributed by atoms with Gasteiger partial charge >= 0.3 is 0 Å². The van der Waals surface area contributed by atoms with Crippen LogP contribution in [-0.2, 0) is 11.2 Å². The first kappa shape index (κ1) is 21.1. The molecule has 5 nitrogen and oxygen atoms in total. The summed E-state index contributed by atoms with van der Waals surface area (Å²) in [6.07, 6.45) is 5.62. The van der Waals surface area contributed by atoms with Crippen LogP contribution in [0.5, 0.6) is 0 Å². The van der Waals surface area contributed by atoms with Gasteiger partial charge in [-0.25, -0.2) is 0 Å². The molecule has 2 aromatic carbocycles. The van der Waals surface area contributed by atoms with Gasteiger partial charge in [-0.1, -0.05) is 37.6 Å². The van der Waals surface area contributed by atoms with Gasteiger partial charge in [0.25, 0.3) is 11.8 Å². The van der Waals surface area contributed by atoms with Crippen molar-refractivity contribution in [3.8, 4) is 0 Å². The van der Waals surface area contributed by atoms with Crippen LogP contribution in [0.2, 0.25) is 0 Å². The molecule has 6 heteroatoms. The number of rotatable bonds is 9.